The molecule has 4 fully saturated rings. The molecule has 1 N–H and O–H groups in total. The fourth-order valence-electron chi connectivity index (χ4n) is 6.63. The Bertz CT molecular complexity index is 772. The maximum atomic E-state index is 12.6. The van der Waals surface area contributed by atoms with E-state index in [1.54, 1.807) is 0 Å². The summed E-state index contributed by atoms with van der Waals surface area (Å²) in [6.45, 7) is 0. The fraction of sp³-hybridized carbons (Fsp3) is 0.524. The lowest BCUT2D eigenvalue weighted by Gasteiger charge is -2.58. The third kappa shape index (κ3) is 2.21. The summed E-state index contributed by atoms with van der Waals surface area (Å²) >= 11 is -1.82. The Morgan fingerprint density at radius 3 is 2.12 bits per heavy atom. The first-order chi connectivity index (χ1) is 11.6. The van der Waals surface area contributed by atoms with Gasteiger partial charge in [0.2, 0.25) is 0 Å². The van der Waals surface area contributed by atoms with Crippen LogP contribution in [0.3, 0.4) is 0 Å². The Balaban J connectivity index is 1.67. The zero-order chi connectivity index (χ0) is 16.3. The highest BCUT2D eigenvalue weighted by Gasteiger charge is 2.56. The summed E-state index contributed by atoms with van der Waals surface area (Å²) in [5.41, 5.74) is 1.13. The molecule has 2 atom stereocenters. The molecule has 126 valence electrons. The predicted octanol–water partition coefficient (Wildman–Crippen LogP) is 5.32. The minimum Gasteiger partial charge on any atom is -0.306 e. The van der Waals surface area contributed by atoms with Gasteiger partial charge >= 0.3 is 0 Å². The van der Waals surface area contributed by atoms with Gasteiger partial charge in [-0.05, 0) is 78.0 Å². The average Bonchev–Trinajstić information content (AvgIpc) is 2.53. The summed E-state index contributed by atoms with van der Waals surface area (Å²) in [6.07, 6.45) is 7.54. The Hall–Kier alpha value is -1.19. The van der Waals surface area contributed by atoms with Crippen molar-refractivity contribution in [1.82, 2.24) is 0 Å². The topological polar surface area (TPSA) is 37.3 Å². The number of hydrogen-bond donors (Lipinski definition) is 1. The molecule has 4 saturated carbocycles. The second kappa shape index (κ2) is 5.40. The van der Waals surface area contributed by atoms with Crippen molar-refractivity contribution in [3.05, 3.63) is 48.0 Å². The number of rotatable bonds is 3. The minimum atomic E-state index is -1.82. The van der Waals surface area contributed by atoms with Gasteiger partial charge in [0, 0.05) is 0 Å². The van der Waals surface area contributed by atoms with Gasteiger partial charge in [0.1, 0.15) is 0 Å². The standard InChI is InChI=1S/C21H24O2S/c22-24(23)20(19-7-3-5-17-4-1-2-6-18(17)19)21-11-14-8-15(12-21)10-16(9-14)13-21/h1-7,14-16,20H,8-13H2,(H,22,23). The molecule has 2 aromatic rings. The van der Waals surface area contributed by atoms with E-state index in [1.165, 1.54) is 24.6 Å². The summed E-state index contributed by atoms with van der Waals surface area (Å²) in [4.78, 5) is 0. The lowest BCUT2D eigenvalue weighted by molar-refractivity contribution is -0.0552. The van der Waals surface area contributed by atoms with Crippen LogP contribution in [-0.4, -0.2) is 8.76 Å². The first kappa shape index (κ1) is 15.1. The van der Waals surface area contributed by atoms with E-state index in [-0.39, 0.29) is 10.7 Å². The van der Waals surface area contributed by atoms with Gasteiger partial charge < -0.3 is 4.55 Å². The second-order valence-corrected chi connectivity index (χ2v) is 9.53. The van der Waals surface area contributed by atoms with E-state index >= 15 is 0 Å². The van der Waals surface area contributed by atoms with Gasteiger partial charge in [-0.1, -0.05) is 42.5 Å². The molecule has 0 saturated heterocycles. The van der Waals surface area contributed by atoms with Crippen molar-refractivity contribution in [2.75, 3.05) is 0 Å². The quantitative estimate of drug-likeness (QED) is 0.768. The van der Waals surface area contributed by atoms with Gasteiger partial charge in [0.05, 0.1) is 5.25 Å². The average molecular weight is 340 g/mol. The SMILES string of the molecule is O=S(O)C(c1cccc2ccccc12)C12CC3CC(CC(C3)C1)C2. The molecule has 0 spiro atoms. The smallest absolute Gasteiger partial charge is 0.161 e. The Morgan fingerprint density at radius 2 is 1.50 bits per heavy atom. The first-order valence-corrected chi connectivity index (χ1v) is 10.4. The molecule has 2 nitrogen and oxygen atoms in total. The fourth-order valence-corrected chi connectivity index (χ4v) is 7.77. The van der Waals surface area contributed by atoms with Crippen molar-refractivity contribution in [3.8, 4) is 0 Å². The highest BCUT2D eigenvalue weighted by atomic mass is 32.2. The van der Waals surface area contributed by atoms with Gasteiger partial charge in [-0.25, -0.2) is 4.21 Å². The molecule has 6 rings (SSSR count). The second-order valence-electron chi connectivity index (χ2n) is 8.50. The first-order valence-electron chi connectivity index (χ1n) is 9.22. The van der Waals surface area contributed by atoms with Crippen LogP contribution in [0, 0.1) is 23.2 Å². The van der Waals surface area contributed by atoms with Crippen LogP contribution >= 0.6 is 0 Å². The molecule has 24 heavy (non-hydrogen) atoms. The molecule has 0 heterocycles. The molecule has 3 heteroatoms. The highest BCUT2D eigenvalue weighted by molar-refractivity contribution is 7.79. The zero-order valence-corrected chi connectivity index (χ0v) is 14.7. The lowest BCUT2D eigenvalue weighted by Crippen LogP contribution is -2.49. The van der Waals surface area contributed by atoms with Gasteiger partial charge in [-0.3, -0.25) is 0 Å². The van der Waals surface area contributed by atoms with Crippen LogP contribution in [-0.2, 0) is 11.1 Å². The van der Waals surface area contributed by atoms with Crippen molar-refractivity contribution in [2.45, 2.75) is 43.8 Å². The van der Waals surface area contributed by atoms with E-state index < -0.39 is 11.1 Å². The summed E-state index contributed by atoms with van der Waals surface area (Å²) in [5, 5.41) is 2.09. The van der Waals surface area contributed by atoms with Gasteiger partial charge in [0.25, 0.3) is 0 Å². The van der Waals surface area contributed by atoms with E-state index in [0.29, 0.717) is 0 Å². The third-order valence-electron chi connectivity index (χ3n) is 6.95. The van der Waals surface area contributed by atoms with Gasteiger partial charge in [-0.15, -0.1) is 0 Å². The maximum absolute atomic E-state index is 12.6. The molecule has 4 aliphatic carbocycles. The van der Waals surface area contributed by atoms with E-state index in [4.69, 9.17) is 0 Å². The molecule has 0 aliphatic heterocycles. The van der Waals surface area contributed by atoms with E-state index in [9.17, 15) is 8.76 Å². The minimum absolute atomic E-state index is 0.0402. The molecule has 2 unspecified atom stereocenters. The van der Waals surface area contributed by atoms with Crippen LogP contribution in [0.5, 0.6) is 0 Å². The summed E-state index contributed by atoms with van der Waals surface area (Å²) in [6, 6.07) is 14.6. The zero-order valence-electron chi connectivity index (χ0n) is 13.9. The normalized spacial score (nSPS) is 36.8. The van der Waals surface area contributed by atoms with Gasteiger partial charge in [0.15, 0.2) is 11.1 Å². The van der Waals surface area contributed by atoms with E-state index in [1.807, 2.05) is 12.1 Å². The third-order valence-corrected chi connectivity index (χ3v) is 8.11. The molecular formula is C21H24O2S. The Labute approximate surface area is 145 Å². The summed E-state index contributed by atoms with van der Waals surface area (Å²) in [7, 11) is 0. The molecular weight excluding hydrogens is 316 g/mol. The number of benzene rings is 2. The largest absolute Gasteiger partial charge is 0.306 e. The van der Waals surface area contributed by atoms with Crippen LogP contribution < -0.4 is 0 Å². The van der Waals surface area contributed by atoms with Crippen LogP contribution in [0.2, 0.25) is 0 Å². The van der Waals surface area contributed by atoms with Crippen LogP contribution in [0.25, 0.3) is 10.8 Å². The van der Waals surface area contributed by atoms with Crippen molar-refractivity contribution in [1.29, 1.82) is 0 Å². The predicted molar refractivity (Wildman–Crippen MR) is 98.1 cm³/mol. The molecule has 0 radical (unpaired) electrons. The van der Waals surface area contributed by atoms with Crippen molar-refractivity contribution in [2.24, 2.45) is 23.2 Å². The molecule has 2 aromatic carbocycles. The van der Waals surface area contributed by atoms with Crippen molar-refractivity contribution < 1.29 is 8.76 Å². The Kier molecular flexibility index (Phi) is 3.40. The highest BCUT2D eigenvalue weighted by Crippen LogP contribution is 2.65. The monoisotopic (exact) mass is 340 g/mol. The number of hydrogen-bond acceptors (Lipinski definition) is 1. The maximum Gasteiger partial charge on any atom is 0.161 e. The van der Waals surface area contributed by atoms with Crippen molar-refractivity contribution in [3.63, 3.8) is 0 Å². The van der Waals surface area contributed by atoms with Crippen LogP contribution in [0.4, 0.5) is 0 Å². The molecule has 4 aliphatic rings. The van der Waals surface area contributed by atoms with E-state index in [0.717, 1.165) is 48.0 Å². The lowest BCUT2D eigenvalue weighted by atomic mass is 9.48. The summed E-state index contributed by atoms with van der Waals surface area (Å²) < 4.78 is 22.9. The molecule has 0 amide bonds. The van der Waals surface area contributed by atoms with Crippen LogP contribution in [0.1, 0.15) is 49.3 Å². The molecule has 4 bridgehead atoms. The molecule has 0 aromatic heterocycles. The van der Waals surface area contributed by atoms with E-state index in [2.05, 4.69) is 30.3 Å². The number of fused-ring (bicyclic) bond motifs is 1. The van der Waals surface area contributed by atoms with Gasteiger partial charge in [-0.2, -0.15) is 0 Å². The summed E-state index contributed by atoms with van der Waals surface area (Å²) in [5.74, 6) is 2.37. The van der Waals surface area contributed by atoms with Crippen LogP contribution in [0.15, 0.2) is 42.5 Å². The van der Waals surface area contributed by atoms with Crippen molar-refractivity contribution >= 4 is 21.9 Å². The Morgan fingerprint density at radius 1 is 0.917 bits per heavy atom.